The molecule has 0 radical (unpaired) electrons. The number of nitrogens with one attached hydrogen (secondary N) is 1. The molecule has 1 aromatic heterocycles. The predicted octanol–water partition coefficient (Wildman–Crippen LogP) is 4.41. The summed E-state index contributed by atoms with van der Waals surface area (Å²) >= 11 is 0. The van der Waals surface area contributed by atoms with Crippen LogP contribution < -0.4 is 15.7 Å². The minimum absolute atomic E-state index is 0.111. The lowest BCUT2D eigenvalue weighted by Crippen LogP contribution is -2.47. The first kappa shape index (κ1) is 24.1. The van der Waals surface area contributed by atoms with Gasteiger partial charge in [-0.3, -0.25) is 13.9 Å². The van der Waals surface area contributed by atoms with Crippen molar-refractivity contribution in [1.82, 2.24) is 14.5 Å². The fourth-order valence-corrected chi connectivity index (χ4v) is 4.99. The first-order chi connectivity index (χ1) is 18.0. The lowest BCUT2D eigenvalue weighted by Gasteiger charge is -2.34. The third-order valence-electron chi connectivity index (χ3n) is 6.86. The molecule has 0 spiro atoms. The van der Waals surface area contributed by atoms with Crippen molar-refractivity contribution in [1.29, 1.82) is 0 Å². The maximum Gasteiger partial charge on any atom is 0.328 e. The number of nitrogens with zero attached hydrogens (tertiary/aromatic N) is 2. The predicted molar refractivity (Wildman–Crippen MR) is 146 cm³/mol. The van der Waals surface area contributed by atoms with E-state index in [4.69, 9.17) is 4.74 Å². The number of carbonyl (C=O) groups is 1. The molecule has 37 heavy (non-hydrogen) atoms. The van der Waals surface area contributed by atoms with Gasteiger partial charge >= 0.3 is 5.69 Å². The van der Waals surface area contributed by atoms with Gasteiger partial charge in [0.2, 0.25) is 5.91 Å². The van der Waals surface area contributed by atoms with Gasteiger partial charge in [-0.15, -0.1) is 0 Å². The number of para-hydroxylation sites is 1. The topological polar surface area (TPSA) is 65.3 Å². The lowest BCUT2D eigenvalue weighted by atomic mass is 9.68. The van der Waals surface area contributed by atoms with Crippen LogP contribution in [0.3, 0.4) is 0 Å². The van der Waals surface area contributed by atoms with E-state index < -0.39 is 5.41 Å². The SMILES string of the molecule is Cn1c(=O)n(C)c2cc(C(C(=O)NCCOc3ccccc3)(c3ccccc3)c3ccccc3)ccc21. The Labute approximate surface area is 215 Å². The molecule has 5 rings (SSSR count). The van der Waals surface area contributed by atoms with E-state index in [1.165, 1.54) is 0 Å². The van der Waals surface area contributed by atoms with Crippen LogP contribution in [0.1, 0.15) is 16.7 Å². The van der Waals surface area contributed by atoms with E-state index in [2.05, 4.69) is 5.32 Å². The van der Waals surface area contributed by atoms with Crippen LogP contribution >= 0.6 is 0 Å². The van der Waals surface area contributed by atoms with Crippen LogP contribution in [0, 0.1) is 0 Å². The molecule has 0 saturated carbocycles. The zero-order valence-corrected chi connectivity index (χ0v) is 20.9. The van der Waals surface area contributed by atoms with E-state index in [1.54, 1.807) is 23.2 Å². The fraction of sp³-hybridized carbons (Fsp3) is 0.161. The van der Waals surface area contributed by atoms with Gasteiger partial charge in [0, 0.05) is 14.1 Å². The average Bonchev–Trinajstić information content (AvgIpc) is 3.17. The van der Waals surface area contributed by atoms with Gasteiger partial charge in [-0.2, -0.15) is 0 Å². The van der Waals surface area contributed by atoms with Gasteiger partial charge in [0.1, 0.15) is 17.8 Å². The lowest BCUT2D eigenvalue weighted by molar-refractivity contribution is -0.124. The molecule has 6 heteroatoms. The number of ether oxygens (including phenoxy) is 1. The Bertz CT molecular complexity index is 1530. The highest BCUT2D eigenvalue weighted by Gasteiger charge is 2.44. The number of hydrogen-bond donors (Lipinski definition) is 1. The average molecular weight is 492 g/mol. The van der Waals surface area contributed by atoms with Gasteiger partial charge in [-0.1, -0.05) is 84.9 Å². The number of rotatable bonds is 8. The third-order valence-corrected chi connectivity index (χ3v) is 6.86. The summed E-state index contributed by atoms with van der Waals surface area (Å²) in [6.07, 6.45) is 0. The molecule has 0 aliphatic carbocycles. The minimum atomic E-state index is -1.14. The zero-order valence-electron chi connectivity index (χ0n) is 20.9. The van der Waals surface area contributed by atoms with Crippen LogP contribution in [-0.2, 0) is 24.3 Å². The molecule has 1 heterocycles. The Morgan fingerprint density at radius 1 is 0.730 bits per heavy atom. The highest BCUT2D eigenvalue weighted by atomic mass is 16.5. The second-order valence-corrected chi connectivity index (χ2v) is 9.00. The third kappa shape index (κ3) is 4.31. The maximum absolute atomic E-state index is 14.3. The van der Waals surface area contributed by atoms with E-state index in [-0.39, 0.29) is 11.6 Å². The number of carbonyl (C=O) groups excluding carboxylic acids is 1. The van der Waals surface area contributed by atoms with Crippen molar-refractivity contribution >= 4 is 16.9 Å². The number of benzene rings is 4. The Balaban J connectivity index is 1.62. The minimum Gasteiger partial charge on any atom is -0.492 e. The van der Waals surface area contributed by atoms with Crippen molar-refractivity contribution < 1.29 is 9.53 Å². The summed E-state index contributed by atoms with van der Waals surface area (Å²) in [5.74, 6) is 0.589. The number of aryl methyl sites for hydroxylation is 2. The Hall–Kier alpha value is -4.58. The molecule has 0 bridgehead atoms. The molecule has 0 saturated heterocycles. The molecule has 1 amide bonds. The smallest absolute Gasteiger partial charge is 0.328 e. The fourth-order valence-electron chi connectivity index (χ4n) is 4.99. The van der Waals surface area contributed by atoms with Crippen molar-refractivity contribution in [2.45, 2.75) is 5.41 Å². The summed E-state index contributed by atoms with van der Waals surface area (Å²) in [7, 11) is 3.51. The molecule has 186 valence electrons. The van der Waals surface area contributed by atoms with Crippen LogP contribution in [0.2, 0.25) is 0 Å². The Kier molecular flexibility index (Phi) is 6.64. The molecular weight excluding hydrogens is 462 g/mol. The molecule has 0 atom stereocenters. The van der Waals surface area contributed by atoms with Crippen molar-refractivity contribution in [3.8, 4) is 5.75 Å². The van der Waals surface area contributed by atoms with Crippen molar-refractivity contribution in [2.24, 2.45) is 14.1 Å². The zero-order chi connectivity index (χ0) is 25.8. The Morgan fingerprint density at radius 3 is 1.86 bits per heavy atom. The number of fused-ring (bicyclic) bond motifs is 1. The number of imidazole rings is 1. The van der Waals surface area contributed by atoms with E-state index >= 15 is 0 Å². The van der Waals surface area contributed by atoms with Gasteiger partial charge in [0.25, 0.3) is 0 Å². The second kappa shape index (κ2) is 10.2. The van der Waals surface area contributed by atoms with Crippen molar-refractivity contribution in [3.63, 3.8) is 0 Å². The summed E-state index contributed by atoms with van der Waals surface area (Å²) in [5.41, 5.74) is 2.77. The largest absolute Gasteiger partial charge is 0.492 e. The molecule has 0 unspecified atom stereocenters. The van der Waals surface area contributed by atoms with Gasteiger partial charge in [0.15, 0.2) is 0 Å². The normalized spacial score (nSPS) is 11.4. The molecule has 4 aromatic carbocycles. The summed E-state index contributed by atoms with van der Waals surface area (Å²) in [6, 6.07) is 34.9. The quantitative estimate of drug-likeness (QED) is 0.258. The standard InChI is InChI=1S/C31H29N3O3/c1-33-27-19-18-25(22-28(27)34(2)30(33)36)31(23-12-6-3-7-13-23,24-14-8-4-9-15-24)29(35)32-20-21-37-26-16-10-5-11-17-26/h3-19,22H,20-21H2,1-2H3,(H,32,35). The molecule has 6 nitrogen and oxygen atoms in total. The van der Waals surface area contributed by atoms with Crippen LogP contribution in [0.4, 0.5) is 0 Å². The summed E-state index contributed by atoms with van der Waals surface area (Å²) < 4.78 is 9.05. The first-order valence-corrected chi connectivity index (χ1v) is 12.3. The molecule has 5 aromatic rings. The second-order valence-electron chi connectivity index (χ2n) is 9.00. The molecular formula is C31H29N3O3. The summed E-state index contributed by atoms with van der Waals surface area (Å²) in [5, 5.41) is 3.13. The van der Waals surface area contributed by atoms with E-state index in [1.807, 2.05) is 109 Å². The van der Waals surface area contributed by atoms with Crippen LogP contribution in [-0.4, -0.2) is 28.2 Å². The van der Waals surface area contributed by atoms with Gasteiger partial charge in [0.05, 0.1) is 17.6 Å². The monoisotopic (exact) mass is 491 g/mol. The van der Waals surface area contributed by atoms with Gasteiger partial charge in [-0.05, 0) is 41.0 Å². The molecule has 0 aliphatic rings. The maximum atomic E-state index is 14.3. The number of aromatic nitrogens is 2. The van der Waals surface area contributed by atoms with Crippen LogP contribution in [0.25, 0.3) is 11.0 Å². The first-order valence-electron chi connectivity index (χ1n) is 12.3. The van der Waals surface area contributed by atoms with E-state index in [0.29, 0.717) is 13.2 Å². The molecule has 0 aliphatic heterocycles. The Morgan fingerprint density at radius 2 is 1.27 bits per heavy atom. The van der Waals surface area contributed by atoms with Gasteiger partial charge in [-0.25, -0.2) is 4.79 Å². The molecule has 1 N–H and O–H groups in total. The van der Waals surface area contributed by atoms with Crippen LogP contribution in [0.15, 0.2) is 114 Å². The van der Waals surface area contributed by atoms with Crippen molar-refractivity contribution in [3.05, 3.63) is 136 Å². The van der Waals surface area contributed by atoms with E-state index in [0.717, 1.165) is 33.5 Å². The van der Waals surface area contributed by atoms with Crippen LogP contribution in [0.5, 0.6) is 5.75 Å². The highest BCUT2D eigenvalue weighted by molar-refractivity contribution is 5.97. The van der Waals surface area contributed by atoms with Gasteiger partial charge < -0.3 is 10.1 Å². The summed E-state index contributed by atoms with van der Waals surface area (Å²) in [6.45, 7) is 0.669. The summed E-state index contributed by atoms with van der Waals surface area (Å²) in [4.78, 5) is 27.0. The van der Waals surface area contributed by atoms with Crippen molar-refractivity contribution in [2.75, 3.05) is 13.2 Å². The number of hydrogen-bond acceptors (Lipinski definition) is 3. The molecule has 0 fully saturated rings. The highest BCUT2D eigenvalue weighted by Crippen LogP contribution is 2.40. The van der Waals surface area contributed by atoms with E-state index in [9.17, 15) is 9.59 Å². The number of amides is 1.